The van der Waals surface area contributed by atoms with Crippen molar-refractivity contribution in [3.05, 3.63) is 71.3 Å². The van der Waals surface area contributed by atoms with Crippen LogP contribution in [-0.2, 0) is 6.42 Å². The largest absolute Gasteiger partial charge is 0.497 e. The molecular formula is C23H26FN5O2S. The van der Waals surface area contributed by atoms with Gasteiger partial charge in [0.05, 0.1) is 7.11 Å². The van der Waals surface area contributed by atoms with Gasteiger partial charge in [-0.15, -0.1) is 0 Å². The number of hydrogen-bond donors (Lipinski definition) is 1. The molecule has 1 saturated heterocycles. The lowest BCUT2D eigenvalue weighted by Crippen LogP contribution is -2.48. The Morgan fingerprint density at radius 3 is 2.69 bits per heavy atom. The third kappa shape index (κ3) is 5.80. The quantitative estimate of drug-likeness (QED) is 0.563. The lowest BCUT2D eigenvalue weighted by molar-refractivity contribution is 0.0947. The van der Waals surface area contributed by atoms with E-state index in [2.05, 4.69) is 24.5 Å². The number of piperazine rings is 1. The van der Waals surface area contributed by atoms with Crippen LogP contribution < -0.4 is 15.0 Å². The molecule has 9 heteroatoms. The van der Waals surface area contributed by atoms with Gasteiger partial charge in [-0.25, -0.2) is 9.37 Å². The molecule has 4 rings (SSSR count). The second kappa shape index (κ2) is 10.5. The summed E-state index contributed by atoms with van der Waals surface area (Å²) in [5.41, 5.74) is 1.60. The Kier molecular flexibility index (Phi) is 7.28. The van der Waals surface area contributed by atoms with Crippen molar-refractivity contribution in [2.24, 2.45) is 0 Å². The number of amides is 1. The molecule has 0 saturated carbocycles. The van der Waals surface area contributed by atoms with E-state index in [1.54, 1.807) is 31.4 Å². The molecule has 1 aliphatic rings. The number of methoxy groups -OCH3 is 1. The zero-order chi connectivity index (χ0) is 22.3. The highest BCUT2D eigenvalue weighted by Crippen LogP contribution is 2.20. The average Bonchev–Trinajstić information content (AvgIpc) is 3.29. The van der Waals surface area contributed by atoms with Gasteiger partial charge in [0.2, 0.25) is 5.13 Å². The first-order valence-corrected chi connectivity index (χ1v) is 11.3. The highest BCUT2D eigenvalue weighted by molar-refractivity contribution is 7.09. The summed E-state index contributed by atoms with van der Waals surface area (Å²) in [5, 5.41) is 3.90. The SMILES string of the molecule is COc1cccc(C(=O)NCCN2CCN(c3nc(Cc4ccc(F)cc4)ns3)CC2)c1. The number of hydrogen-bond acceptors (Lipinski definition) is 7. The van der Waals surface area contributed by atoms with Crippen LogP contribution in [0.25, 0.3) is 0 Å². The highest BCUT2D eigenvalue weighted by atomic mass is 32.1. The molecule has 0 unspecified atom stereocenters. The summed E-state index contributed by atoms with van der Waals surface area (Å²) in [6.45, 7) is 4.94. The minimum Gasteiger partial charge on any atom is -0.497 e. The molecule has 2 aromatic carbocycles. The Morgan fingerprint density at radius 1 is 1.16 bits per heavy atom. The number of nitrogens with zero attached hydrogens (tertiary/aromatic N) is 4. The van der Waals surface area contributed by atoms with Crippen LogP contribution in [-0.4, -0.2) is 66.5 Å². The average molecular weight is 456 g/mol. The highest BCUT2D eigenvalue weighted by Gasteiger charge is 2.20. The number of benzene rings is 2. The van der Waals surface area contributed by atoms with Crippen LogP contribution in [0.4, 0.5) is 9.52 Å². The lowest BCUT2D eigenvalue weighted by atomic mass is 10.1. The summed E-state index contributed by atoms with van der Waals surface area (Å²) in [6.07, 6.45) is 0.601. The van der Waals surface area contributed by atoms with Gasteiger partial charge in [-0.05, 0) is 35.9 Å². The zero-order valence-electron chi connectivity index (χ0n) is 18.0. The normalized spacial score (nSPS) is 14.4. The van der Waals surface area contributed by atoms with Crippen molar-refractivity contribution in [1.82, 2.24) is 19.6 Å². The Bertz CT molecular complexity index is 1030. The van der Waals surface area contributed by atoms with Crippen LogP contribution in [0.1, 0.15) is 21.7 Å². The number of nitrogens with one attached hydrogen (secondary N) is 1. The van der Waals surface area contributed by atoms with E-state index in [1.807, 2.05) is 12.1 Å². The van der Waals surface area contributed by atoms with Gasteiger partial charge in [0, 0.05) is 62.8 Å². The second-order valence-electron chi connectivity index (χ2n) is 7.61. The van der Waals surface area contributed by atoms with Crippen LogP contribution in [0.2, 0.25) is 0 Å². The van der Waals surface area contributed by atoms with E-state index in [0.29, 0.717) is 24.3 Å². The number of anilines is 1. The summed E-state index contributed by atoms with van der Waals surface area (Å²) in [6, 6.07) is 13.6. The molecule has 7 nitrogen and oxygen atoms in total. The maximum absolute atomic E-state index is 13.1. The minimum absolute atomic E-state index is 0.0925. The lowest BCUT2D eigenvalue weighted by Gasteiger charge is -2.34. The summed E-state index contributed by atoms with van der Waals surface area (Å²) in [5.74, 6) is 1.11. The second-order valence-corrected chi connectivity index (χ2v) is 8.34. The van der Waals surface area contributed by atoms with Gasteiger partial charge < -0.3 is 15.0 Å². The standard InChI is InChI=1S/C23H26FN5O2S/c1-31-20-4-2-3-18(16-20)22(30)25-9-10-28-11-13-29(14-12-28)23-26-21(27-32-23)15-17-5-7-19(24)8-6-17/h2-8,16H,9-15H2,1H3,(H,25,30). The molecule has 0 radical (unpaired) electrons. The molecule has 2 heterocycles. The number of halogens is 1. The van der Waals surface area contributed by atoms with Crippen LogP contribution in [0.5, 0.6) is 5.75 Å². The fourth-order valence-electron chi connectivity index (χ4n) is 3.59. The van der Waals surface area contributed by atoms with E-state index in [1.165, 1.54) is 23.7 Å². The van der Waals surface area contributed by atoms with Crippen molar-refractivity contribution >= 4 is 22.6 Å². The fourth-order valence-corrected chi connectivity index (χ4v) is 4.32. The van der Waals surface area contributed by atoms with Crippen molar-refractivity contribution in [1.29, 1.82) is 0 Å². The van der Waals surface area contributed by atoms with E-state index in [9.17, 15) is 9.18 Å². The summed E-state index contributed by atoms with van der Waals surface area (Å²) in [4.78, 5) is 21.6. The van der Waals surface area contributed by atoms with Crippen molar-refractivity contribution < 1.29 is 13.9 Å². The Morgan fingerprint density at radius 2 is 1.94 bits per heavy atom. The number of ether oxygens (including phenoxy) is 1. The van der Waals surface area contributed by atoms with Gasteiger partial charge in [0.25, 0.3) is 5.91 Å². The third-order valence-electron chi connectivity index (χ3n) is 5.42. The monoisotopic (exact) mass is 455 g/mol. The van der Waals surface area contributed by atoms with Crippen LogP contribution >= 0.6 is 11.5 Å². The first-order chi connectivity index (χ1) is 15.6. The molecule has 32 heavy (non-hydrogen) atoms. The molecule has 0 bridgehead atoms. The summed E-state index contributed by atoms with van der Waals surface area (Å²) in [7, 11) is 1.59. The fraction of sp³-hybridized carbons (Fsp3) is 0.348. The maximum Gasteiger partial charge on any atom is 0.251 e. The first kappa shape index (κ1) is 22.2. The molecule has 1 fully saturated rings. The molecule has 1 aliphatic heterocycles. The molecule has 3 aromatic rings. The number of rotatable bonds is 8. The molecular weight excluding hydrogens is 429 g/mol. The van der Waals surface area contributed by atoms with Gasteiger partial charge >= 0.3 is 0 Å². The molecule has 1 amide bonds. The predicted octanol–water partition coefficient (Wildman–Crippen LogP) is 2.83. The topological polar surface area (TPSA) is 70.6 Å². The van der Waals surface area contributed by atoms with Crippen LogP contribution in [0.15, 0.2) is 48.5 Å². The van der Waals surface area contributed by atoms with Gasteiger partial charge in [-0.3, -0.25) is 9.69 Å². The van der Waals surface area contributed by atoms with Crippen molar-refractivity contribution in [2.75, 3.05) is 51.3 Å². The summed E-state index contributed by atoms with van der Waals surface area (Å²) >= 11 is 1.41. The zero-order valence-corrected chi connectivity index (χ0v) is 18.8. The predicted molar refractivity (Wildman–Crippen MR) is 123 cm³/mol. The van der Waals surface area contributed by atoms with Crippen molar-refractivity contribution in [2.45, 2.75) is 6.42 Å². The van der Waals surface area contributed by atoms with Crippen LogP contribution in [0.3, 0.4) is 0 Å². The van der Waals surface area contributed by atoms with E-state index < -0.39 is 0 Å². The number of carbonyl (C=O) groups is 1. The Hall–Kier alpha value is -3.04. The van der Waals surface area contributed by atoms with Gasteiger partial charge in [0.15, 0.2) is 0 Å². The Labute approximate surface area is 191 Å². The summed E-state index contributed by atoms with van der Waals surface area (Å²) < 4.78 is 22.7. The number of aromatic nitrogens is 2. The van der Waals surface area contributed by atoms with Gasteiger partial charge in [-0.2, -0.15) is 4.37 Å². The van der Waals surface area contributed by atoms with Gasteiger partial charge in [0.1, 0.15) is 17.4 Å². The van der Waals surface area contributed by atoms with Crippen molar-refractivity contribution in [3.8, 4) is 5.75 Å². The van der Waals surface area contributed by atoms with Crippen LogP contribution in [0, 0.1) is 5.82 Å². The molecule has 168 valence electrons. The third-order valence-corrected chi connectivity index (χ3v) is 6.24. The number of carbonyl (C=O) groups excluding carboxylic acids is 1. The van der Waals surface area contributed by atoms with Crippen molar-refractivity contribution in [3.63, 3.8) is 0 Å². The minimum atomic E-state index is -0.238. The molecule has 0 atom stereocenters. The van der Waals surface area contributed by atoms with E-state index >= 15 is 0 Å². The van der Waals surface area contributed by atoms with E-state index in [0.717, 1.165) is 49.2 Å². The van der Waals surface area contributed by atoms with Gasteiger partial charge in [-0.1, -0.05) is 18.2 Å². The van der Waals surface area contributed by atoms with E-state index in [-0.39, 0.29) is 11.7 Å². The first-order valence-electron chi connectivity index (χ1n) is 10.6. The van der Waals surface area contributed by atoms with E-state index in [4.69, 9.17) is 4.74 Å². The molecule has 0 aliphatic carbocycles. The molecule has 0 spiro atoms. The molecule has 1 aromatic heterocycles. The molecule has 1 N–H and O–H groups in total. The Balaban J connectivity index is 1.20. The smallest absolute Gasteiger partial charge is 0.251 e. The maximum atomic E-state index is 13.1.